The Kier molecular flexibility index (Phi) is 3.65. The minimum Gasteiger partial charge on any atom is -0.299 e. The van der Waals surface area contributed by atoms with Crippen LogP contribution in [-0.4, -0.2) is 27.8 Å². The Balaban J connectivity index is 1.53. The van der Waals surface area contributed by atoms with E-state index in [4.69, 9.17) is 0 Å². The fourth-order valence-electron chi connectivity index (χ4n) is 3.23. The lowest BCUT2D eigenvalue weighted by Crippen LogP contribution is -2.29. The molecule has 3 heteroatoms. The second kappa shape index (κ2) is 5.93. The van der Waals surface area contributed by atoms with Gasteiger partial charge in [-0.1, -0.05) is 36.8 Å². The first-order chi connectivity index (χ1) is 10.9. The Hall–Kier alpha value is -2.13. The maximum atomic E-state index is 4.63. The SMILES string of the molecule is c1ccc2nn(-c3ccc(CN4CCCCC4)cc3)cc2c1. The van der Waals surface area contributed by atoms with E-state index in [2.05, 4.69) is 58.7 Å². The van der Waals surface area contributed by atoms with Gasteiger partial charge in [0.1, 0.15) is 0 Å². The molecule has 3 aromatic rings. The third-order valence-electron chi connectivity index (χ3n) is 4.47. The van der Waals surface area contributed by atoms with Crippen molar-refractivity contribution in [2.45, 2.75) is 25.8 Å². The quantitative estimate of drug-likeness (QED) is 0.727. The van der Waals surface area contributed by atoms with Crippen LogP contribution in [0.15, 0.2) is 54.7 Å². The van der Waals surface area contributed by atoms with E-state index in [-0.39, 0.29) is 0 Å². The highest BCUT2D eigenvalue weighted by Crippen LogP contribution is 2.17. The molecular weight excluding hydrogens is 270 g/mol. The van der Waals surface area contributed by atoms with Gasteiger partial charge in [-0.05, 0) is 49.7 Å². The summed E-state index contributed by atoms with van der Waals surface area (Å²) in [7, 11) is 0. The number of fused-ring (bicyclic) bond motifs is 1. The van der Waals surface area contributed by atoms with Gasteiger partial charge in [-0.25, -0.2) is 4.68 Å². The molecular formula is C19H21N3. The van der Waals surface area contributed by atoms with Crippen LogP contribution in [0.1, 0.15) is 24.8 Å². The molecule has 2 heterocycles. The first kappa shape index (κ1) is 13.5. The van der Waals surface area contributed by atoms with E-state index in [0.717, 1.165) is 17.7 Å². The molecule has 0 radical (unpaired) electrons. The van der Waals surface area contributed by atoms with Gasteiger partial charge < -0.3 is 0 Å². The molecule has 0 aliphatic carbocycles. The normalized spacial score (nSPS) is 16.2. The van der Waals surface area contributed by atoms with Crippen LogP contribution in [0.4, 0.5) is 0 Å². The Morgan fingerprint density at radius 1 is 0.864 bits per heavy atom. The van der Waals surface area contributed by atoms with Gasteiger partial charge in [0, 0.05) is 18.1 Å². The molecule has 1 fully saturated rings. The molecule has 0 bridgehead atoms. The van der Waals surface area contributed by atoms with Crippen LogP contribution in [0, 0.1) is 0 Å². The Morgan fingerprint density at radius 3 is 2.41 bits per heavy atom. The van der Waals surface area contributed by atoms with E-state index in [0.29, 0.717) is 0 Å². The number of aromatic nitrogens is 2. The van der Waals surface area contributed by atoms with E-state index in [1.165, 1.54) is 43.3 Å². The van der Waals surface area contributed by atoms with Crippen LogP contribution < -0.4 is 0 Å². The van der Waals surface area contributed by atoms with Gasteiger partial charge in [-0.2, -0.15) is 5.10 Å². The smallest absolute Gasteiger partial charge is 0.0927 e. The summed E-state index contributed by atoms with van der Waals surface area (Å²) in [5.41, 5.74) is 3.56. The molecule has 2 aromatic carbocycles. The number of hydrogen-bond acceptors (Lipinski definition) is 2. The first-order valence-corrected chi connectivity index (χ1v) is 8.15. The van der Waals surface area contributed by atoms with Gasteiger partial charge in [0.05, 0.1) is 11.2 Å². The van der Waals surface area contributed by atoms with Gasteiger partial charge in [-0.3, -0.25) is 4.90 Å². The fourth-order valence-corrected chi connectivity index (χ4v) is 3.23. The molecule has 1 saturated heterocycles. The standard InChI is InChI=1S/C19H21N3/c1-4-12-21(13-5-1)14-16-8-10-18(11-9-16)22-15-17-6-2-3-7-19(17)20-22/h2-3,6-11,15H,1,4-5,12-14H2. The van der Waals surface area contributed by atoms with Crippen molar-refractivity contribution in [1.82, 2.24) is 14.7 Å². The van der Waals surface area contributed by atoms with Crippen LogP contribution >= 0.6 is 0 Å². The van der Waals surface area contributed by atoms with Crippen molar-refractivity contribution in [3.8, 4) is 5.69 Å². The summed E-state index contributed by atoms with van der Waals surface area (Å²) in [6.07, 6.45) is 6.17. The van der Waals surface area contributed by atoms with Crippen molar-refractivity contribution < 1.29 is 0 Å². The minimum atomic E-state index is 1.04. The number of hydrogen-bond donors (Lipinski definition) is 0. The van der Waals surface area contributed by atoms with Crippen LogP contribution in [0.2, 0.25) is 0 Å². The summed E-state index contributed by atoms with van der Waals surface area (Å²) in [6, 6.07) is 17.0. The number of benzene rings is 2. The summed E-state index contributed by atoms with van der Waals surface area (Å²) in [5.74, 6) is 0. The summed E-state index contributed by atoms with van der Waals surface area (Å²) in [4.78, 5) is 2.56. The van der Waals surface area contributed by atoms with E-state index in [1.54, 1.807) is 0 Å². The van der Waals surface area contributed by atoms with Crippen molar-refractivity contribution in [1.29, 1.82) is 0 Å². The largest absolute Gasteiger partial charge is 0.299 e. The highest BCUT2D eigenvalue weighted by molar-refractivity contribution is 5.78. The number of likely N-dealkylation sites (tertiary alicyclic amines) is 1. The predicted molar refractivity (Wildman–Crippen MR) is 90.2 cm³/mol. The highest BCUT2D eigenvalue weighted by Gasteiger charge is 2.10. The second-order valence-electron chi connectivity index (χ2n) is 6.14. The summed E-state index contributed by atoms with van der Waals surface area (Å²) in [6.45, 7) is 3.56. The Labute approximate surface area is 131 Å². The molecule has 1 aliphatic heterocycles. The maximum absolute atomic E-state index is 4.63. The maximum Gasteiger partial charge on any atom is 0.0927 e. The van der Waals surface area contributed by atoms with Crippen molar-refractivity contribution in [2.75, 3.05) is 13.1 Å². The van der Waals surface area contributed by atoms with Crippen LogP contribution in [0.5, 0.6) is 0 Å². The van der Waals surface area contributed by atoms with Crippen molar-refractivity contribution in [3.05, 3.63) is 60.3 Å². The van der Waals surface area contributed by atoms with Gasteiger partial charge in [0.15, 0.2) is 0 Å². The van der Waals surface area contributed by atoms with Crippen LogP contribution in [-0.2, 0) is 6.54 Å². The molecule has 112 valence electrons. The number of piperidine rings is 1. The fraction of sp³-hybridized carbons (Fsp3) is 0.316. The van der Waals surface area contributed by atoms with E-state index in [9.17, 15) is 0 Å². The molecule has 0 N–H and O–H groups in total. The summed E-state index contributed by atoms with van der Waals surface area (Å²) < 4.78 is 1.97. The van der Waals surface area contributed by atoms with Gasteiger partial charge in [0.2, 0.25) is 0 Å². The third-order valence-corrected chi connectivity index (χ3v) is 4.47. The van der Waals surface area contributed by atoms with Crippen LogP contribution in [0.3, 0.4) is 0 Å². The second-order valence-corrected chi connectivity index (χ2v) is 6.14. The summed E-state index contributed by atoms with van der Waals surface area (Å²) in [5, 5.41) is 5.82. The molecule has 0 spiro atoms. The lowest BCUT2D eigenvalue weighted by atomic mass is 10.1. The van der Waals surface area contributed by atoms with E-state index in [1.807, 2.05) is 10.7 Å². The molecule has 0 amide bonds. The topological polar surface area (TPSA) is 21.1 Å². The molecule has 22 heavy (non-hydrogen) atoms. The number of nitrogens with zero attached hydrogens (tertiary/aromatic N) is 3. The molecule has 0 unspecified atom stereocenters. The minimum absolute atomic E-state index is 1.04. The lowest BCUT2D eigenvalue weighted by molar-refractivity contribution is 0.221. The predicted octanol–water partition coefficient (Wildman–Crippen LogP) is 4.01. The van der Waals surface area contributed by atoms with Gasteiger partial charge >= 0.3 is 0 Å². The Morgan fingerprint density at radius 2 is 1.64 bits per heavy atom. The van der Waals surface area contributed by atoms with Gasteiger partial charge in [-0.15, -0.1) is 0 Å². The molecule has 0 saturated carbocycles. The van der Waals surface area contributed by atoms with Crippen molar-refractivity contribution in [3.63, 3.8) is 0 Å². The lowest BCUT2D eigenvalue weighted by Gasteiger charge is -2.26. The summed E-state index contributed by atoms with van der Waals surface area (Å²) >= 11 is 0. The molecule has 1 aromatic heterocycles. The molecule has 3 nitrogen and oxygen atoms in total. The number of rotatable bonds is 3. The van der Waals surface area contributed by atoms with Crippen LogP contribution in [0.25, 0.3) is 16.6 Å². The van der Waals surface area contributed by atoms with E-state index < -0.39 is 0 Å². The molecule has 4 rings (SSSR count). The first-order valence-electron chi connectivity index (χ1n) is 8.15. The highest BCUT2D eigenvalue weighted by atomic mass is 15.3. The molecule has 0 atom stereocenters. The zero-order valence-electron chi connectivity index (χ0n) is 12.8. The zero-order valence-corrected chi connectivity index (χ0v) is 12.8. The Bertz CT molecular complexity index is 719. The van der Waals surface area contributed by atoms with Crippen molar-refractivity contribution >= 4 is 10.9 Å². The average molecular weight is 291 g/mol. The zero-order chi connectivity index (χ0) is 14.8. The third kappa shape index (κ3) is 2.77. The van der Waals surface area contributed by atoms with E-state index >= 15 is 0 Å². The monoisotopic (exact) mass is 291 g/mol. The van der Waals surface area contributed by atoms with Crippen molar-refractivity contribution in [2.24, 2.45) is 0 Å². The molecule has 1 aliphatic rings. The van der Waals surface area contributed by atoms with Gasteiger partial charge in [0.25, 0.3) is 0 Å². The average Bonchev–Trinajstić information content (AvgIpc) is 3.00.